The number of hydrogen-bond donors (Lipinski definition) is 1. The minimum Gasteiger partial charge on any atom is -0.468 e. The Morgan fingerprint density at radius 1 is 1.54 bits per heavy atom. The molecule has 0 aromatic rings. The second-order valence-corrected chi connectivity index (χ2v) is 5.46. The van der Waals surface area contributed by atoms with Crippen LogP contribution in [0.3, 0.4) is 0 Å². The summed E-state index contributed by atoms with van der Waals surface area (Å²) in [6.45, 7) is 6.49. The fourth-order valence-electron chi connectivity index (χ4n) is 1.25. The van der Waals surface area contributed by atoms with Gasteiger partial charge in [0, 0.05) is 5.75 Å². The average molecular weight is 203 g/mol. The molecule has 1 rings (SSSR count). The molecule has 0 aromatic carbocycles. The lowest BCUT2D eigenvalue weighted by Crippen LogP contribution is -2.42. The zero-order valence-corrected chi connectivity index (χ0v) is 9.40. The van der Waals surface area contributed by atoms with Crippen molar-refractivity contribution in [3.8, 4) is 0 Å². The summed E-state index contributed by atoms with van der Waals surface area (Å²) in [5.41, 5.74) is 0.188. The highest BCUT2D eigenvalue weighted by Crippen LogP contribution is 2.33. The van der Waals surface area contributed by atoms with Crippen LogP contribution in [-0.2, 0) is 9.53 Å². The molecule has 0 aromatic heterocycles. The number of thioether (sulfide) groups is 1. The molecule has 0 spiro atoms. The third-order valence-corrected chi connectivity index (χ3v) is 3.76. The van der Waals surface area contributed by atoms with Crippen molar-refractivity contribution in [2.24, 2.45) is 5.41 Å². The molecule has 1 unspecified atom stereocenters. The summed E-state index contributed by atoms with van der Waals surface area (Å²) in [4.78, 5) is 11.2. The maximum absolute atomic E-state index is 11.2. The van der Waals surface area contributed by atoms with E-state index in [9.17, 15) is 4.79 Å². The smallest absolute Gasteiger partial charge is 0.323 e. The third kappa shape index (κ3) is 2.61. The van der Waals surface area contributed by atoms with E-state index in [0.717, 1.165) is 5.75 Å². The van der Waals surface area contributed by atoms with Gasteiger partial charge in [0.1, 0.15) is 6.04 Å². The maximum Gasteiger partial charge on any atom is 0.323 e. The lowest BCUT2D eigenvalue weighted by atomic mass is 9.96. The van der Waals surface area contributed by atoms with Gasteiger partial charge in [-0.15, -0.1) is 11.8 Å². The van der Waals surface area contributed by atoms with E-state index in [2.05, 4.69) is 30.8 Å². The molecule has 1 saturated heterocycles. The van der Waals surface area contributed by atoms with Crippen LogP contribution in [0.4, 0.5) is 0 Å². The van der Waals surface area contributed by atoms with E-state index in [-0.39, 0.29) is 17.4 Å². The number of ether oxygens (including phenoxy) is 1. The average Bonchev–Trinajstić information content (AvgIpc) is 2.50. The van der Waals surface area contributed by atoms with Gasteiger partial charge in [-0.3, -0.25) is 10.1 Å². The van der Waals surface area contributed by atoms with E-state index in [1.807, 2.05) is 0 Å². The van der Waals surface area contributed by atoms with Crippen LogP contribution in [-0.4, -0.2) is 30.2 Å². The molecule has 13 heavy (non-hydrogen) atoms. The van der Waals surface area contributed by atoms with Gasteiger partial charge >= 0.3 is 5.97 Å². The summed E-state index contributed by atoms with van der Waals surface area (Å²) >= 11 is 1.79. The summed E-state index contributed by atoms with van der Waals surface area (Å²) < 4.78 is 4.68. The van der Waals surface area contributed by atoms with E-state index in [0.29, 0.717) is 5.37 Å². The van der Waals surface area contributed by atoms with Crippen LogP contribution >= 0.6 is 11.8 Å². The largest absolute Gasteiger partial charge is 0.468 e. The SMILES string of the molecule is COC(=O)[C@@H]1CSC(C(C)(C)C)N1. The Labute approximate surface area is 83.6 Å². The van der Waals surface area contributed by atoms with Gasteiger partial charge in [-0.1, -0.05) is 20.8 Å². The van der Waals surface area contributed by atoms with Crippen molar-refractivity contribution < 1.29 is 9.53 Å². The number of nitrogens with one attached hydrogen (secondary N) is 1. The second-order valence-electron chi connectivity index (χ2n) is 4.32. The van der Waals surface area contributed by atoms with Gasteiger partial charge < -0.3 is 4.74 Å². The topological polar surface area (TPSA) is 38.3 Å². The van der Waals surface area contributed by atoms with Gasteiger partial charge in [0.2, 0.25) is 0 Å². The highest BCUT2D eigenvalue weighted by atomic mass is 32.2. The fraction of sp³-hybridized carbons (Fsp3) is 0.889. The molecule has 4 heteroatoms. The normalized spacial score (nSPS) is 28.9. The molecule has 0 amide bonds. The van der Waals surface area contributed by atoms with Crippen molar-refractivity contribution in [3.05, 3.63) is 0 Å². The summed E-state index contributed by atoms with van der Waals surface area (Å²) in [5.74, 6) is 0.661. The predicted octanol–water partition coefficient (Wildman–Crippen LogP) is 1.24. The van der Waals surface area contributed by atoms with Crippen molar-refractivity contribution in [1.29, 1.82) is 0 Å². The minimum atomic E-state index is -0.153. The Balaban J connectivity index is 2.50. The van der Waals surface area contributed by atoms with Crippen LogP contribution in [0.25, 0.3) is 0 Å². The van der Waals surface area contributed by atoms with E-state index < -0.39 is 0 Å². The minimum absolute atomic E-state index is 0.126. The first kappa shape index (κ1) is 10.9. The van der Waals surface area contributed by atoms with Gasteiger partial charge in [0.15, 0.2) is 0 Å². The first-order valence-electron chi connectivity index (χ1n) is 4.40. The van der Waals surface area contributed by atoms with E-state index in [1.54, 1.807) is 11.8 Å². The maximum atomic E-state index is 11.2. The highest BCUT2D eigenvalue weighted by Gasteiger charge is 2.36. The molecule has 2 atom stereocenters. The fourth-order valence-corrected chi connectivity index (χ4v) is 2.63. The molecular formula is C9H17NO2S. The summed E-state index contributed by atoms with van der Waals surface area (Å²) in [6, 6.07) is -0.126. The number of carbonyl (C=O) groups excluding carboxylic acids is 1. The van der Waals surface area contributed by atoms with Gasteiger partial charge in [-0.25, -0.2) is 0 Å². The standard InChI is InChI=1S/C9H17NO2S/c1-9(2,3)8-10-6(5-13-8)7(11)12-4/h6,8,10H,5H2,1-4H3/t6-,8?/m0/s1. The number of carbonyl (C=O) groups is 1. The van der Waals surface area contributed by atoms with Crippen LogP contribution in [0.1, 0.15) is 20.8 Å². The molecule has 1 aliphatic rings. The summed E-state index contributed by atoms with van der Waals surface area (Å²) in [5, 5.41) is 3.61. The van der Waals surface area contributed by atoms with Crippen molar-refractivity contribution in [1.82, 2.24) is 5.32 Å². The van der Waals surface area contributed by atoms with Gasteiger partial charge in [-0.05, 0) is 5.41 Å². The van der Waals surface area contributed by atoms with E-state index in [4.69, 9.17) is 0 Å². The Hall–Kier alpha value is -0.220. The number of esters is 1. The molecule has 1 heterocycles. The second kappa shape index (κ2) is 3.88. The lowest BCUT2D eigenvalue weighted by Gasteiger charge is -2.26. The molecule has 0 bridgehead atoms. The molecular weight excluding hydrogens is 186 g/mol. The van der Waals surface area contributed by atoms with Crippen molar-refractivity contribution in [2.75, 3.05) is 12.9 Å². The van der Waals surface area contributed by atoms with Crippen LogP contribution < -0.4 is 5.32 Å². The Morgan fingerprint density at radius 2 is 2.15 bits per heavy atom. The molecule has 1 aliphatic heterocycles. The molecule has 76 valence electrons. The van der Waals surface area contributed by atoms with Gasteiger partial charge in [-0.2, -0.15) is 0 Å². The zero-order valence-electron chi connectivity index (χ0n) is 8.59. The molecule has 0 saturated carbocycles. The van der Waals surface area contributed by atoms with Crippen molar-refractivity contribution in [3.63, 3.8) is 0 Å². The number of hydrogen-bond acceptors (Lipinski definition) is 4. The van der Waals surface area contributed by atoms with Crippen molar-refractivity contribution >= 4 is 17.7 Å². The Morgan fingerprint density at radius 3 is 2.54 bits per heavy atom. The number of methoxy groups -OCH3 is 1. The predicted molar refractivity (Wildman–Crippen MR) is 54.6 cm³/mol. The van der Waals surface area contributed by atoms with Crippen LogP contribution in [0.5, 0.6) is 0 Å². The van der Waals surface area contributed by atoms with Gasteiger partial charge in [0.25, 0.3) is 0 Å². The van der Waals surface area contributed by atoms with E-state index >= 15 is 0 Å². The third-order valence-electron chi connectivity index (χ3n) is 2.05. The number of rotatable bonds is 1. The molecule has 3 nitrogen and oxygen atoms in total. The Kier molecular flexibility index (Phi) is 3.24. The molecule has 0 radical (unpaired) electrons. The first-order chi connectivity index (χ1) is 5.95. The van der Waals surface area contributed by atoms with Gasteiger partial charge in [0.05, 0.1) is 12.5 Å². The molecule has 1 N–H and O–H groups in total. The molecule has 1 fully saturated rings. The lowest BCUT2D eigenvalue weighted by molar-refractivity contribution is -0.142. The van der Waals surface area contributed by atoms with Crippen LogP contribution in [0, 0.1) is 5.41 Å². The summed E-state index contributed by atoms with van der Waals surface area (Å²) in [6.07, 6.45) is 0. The van der Waals surface area contributed by atoms with Crippen LogP contribution in [0.2, 0.25) is 0 Å². The summed E-state index contributed by atoms with van der Waals surface area (Å²) in [7, 11) is 1.43. The van der Waals surface area contributed by atoms with Crippen LogP contribution in [0.15, 0.2) is 0 Å². The zero-order chi connectivity index (χ0) is 10.1. The Bertz CT molecular complexity index is 200. The quantitative estimate of drug-likeness (QED) is 0.651. The van der Waals surface area contributed by atoms with Crippen molar-refractivity contribution in [2.45, 2.75) is 32.2 Å². The molecule has 0 aliphatic carbocycles. The highest BCUT2D eigenvalue weighted by molar-refractivity contribution is 8.00. The van der Waals surface area contributed by atoms with E-state index in [1.165, 1.54) is 7.11 Å². The monoisotopic (exact) mass is 203 g/mol. The first-order valence-corrected chi connectivity index (χ1v) is 5.45.